The summed E-state index contributed by atoms with van der Waals surface area (Å²) >= 11 is 0. The molecule has 158 valence electrons. The molecular formula is C28H36N2. The third kappa shape index (κ3) is 7.40. The van der Waals surface area contributed by atoms with Crippen LogP contribution in [0.2, 0.25) is 0 Å². The van der Waals surface area contributed by atoms with Crippen molar-refractivity contribution in [3.05, 3.63) is 83.4 Å². The molecule has 0 atom stereocenters. The van der Waals surface area contributed by atoms with Crippen molar-refractivity contribution in [2.45, 2.75) is 70.6 Å². The molecule has 2 aromatic carbocycles. The average Bonchev–Trinajstić information content (AvgIpc) is 2.78. The monoisotopic (exact) mass is 400 g/mol. The molecule has 0 unspecified atom stereocenters. The maximum atomic E-state index is 4.23. The highest BCUT2D eigenvalue weighted by Crippen LogP contribution is 2.35. The molecule has 0 aliphatic heterocycles. The minimum Gasteiger partial charge on any atom is -0.159 e. The molecule has 2 heteroatoms. The molecule has 1 aliphatic carbocycles. The van der Waals surface area contributed by atoms with Gasteiger partial charge in [-0.25, -0.2) is 0 Å². The van der Waals surface area contributed by atoms with Gasteiger partial charge in [-0.05, 0) is 72.6 Å². The summed E-state index contributed by atoms with van der Waals surface area (Å²) in [6.45, 7) is 6.15. The van der Waals surface area contributed by atoms with E-state index in [1.807, 2.05) is 18.5 Å². The van der Waals surface area contributed by atoms with Crippen molar-refractivity contribution < 1.29 is 0 Å². The predicted molar refractivity (Wildman–Crippen MR) is 131 cm³/mol. The van der Waals surface area contributed by atoms with Crippen LogP contribution in [0.15, 0.2) is 71.4 Å². The van der Waals surface area contributed by atoms with Gasteiger partial charge in [-0.3, -0.25) is 0 Å². The largest absolute Gasteiger partial charge is 0.159 e. The second-order valence-electron chi connectivity index (χ2n) is 8.74. The number of rotatable bonds is 10. The van der Waals surface area contributed by atoms with Gasteiger partial charge in [0.05, 0.1) is 12.4 Å². The average molecular weight is 401 g/mol. The molecule has 0 radical (unpaired) electrons. The lowest BCUT2D eigenvalue weighted by Gasteiger charge is -2.26. The number of nitrogens with zero attached hydrogens (tertiary/aromatic N) is 2. The predicted octanol–water partition coefficient (Wildman–Crippen LogP) is 7.72. The third-order valence-electron chi connectivity index (χ3n) is 6.26. The quantitative estimate of drug-likeness (QED) is 0.169. The first kappa shape index (κ1) is 22.2. The number of unbranched alkanes of at least 4 members (excludes halogenated alkanes) is 3. The van der Waals surface area contributed by atoms with Gasteiger partial charge in [0.1, 0.15) is 0 Å². The van der Waals surface area contributed by atoms with E-state index in [4.69, 9.17) is 0 Å². The molecule has 2 aromatic rings. The number of allylic oxidation sites excluding steroid dienone is 1. The highest BCUT2D eigenvalue weighted by atomic mass is 15.2. The van der Waals surface area contributed by atoms with Crippen LogP contribution < -0.4 is 0 Å². The fraction of sp³-hybridized carbons (Fsp3) is 0.429. The molecule has 1 saturated carbocycles. The summed E-state index contributed by atoms with van der Waals surface area (Å²) < 4.78 is 0. The van der Waals surface area contributed by atoms with Gasteiger partial charge >= 0.3 is 0 Å². The van der Waals surface area contributed by atoms with Crippen LogP contribution in [0.25, 0.3) is 0 Å². The van der Waals surface area contributed by atoms with Crippen LogP contribution in [0.1, 0.15) is 86.5 Å². The molecule has 2 nitrogen and oxygen atoms in total. The Morgan fingerprint density at radius 3 is 2.00 bits per heavy atom. The zero-order valence-corrected chi connectivity index (χ0v) is 18.5. The van der Waals surface area contributed by atoms with Gasteiger partial charge in [-0.1, -0.05) is 80.8 Å². The molecule has 3 rings (SSSR count). The highest BCUT2D eigenvalue weighted by molar-refractivity contribution is 5.82. The normalized spacial score (nSPS) is 19.5. The molecule has 0 saturated heterocycles. The van der Waals surface area contributed by atoms with E-state index in [0.29, 0.717) is 0 Å². The van der Waals surface area contributed by atoms with Crippen LogP contribution in [0, 0.1) is 5.92 Å². The van der Waals surface area contributed by atoms with Crippen LogP contribution in [0.3, 0.4) is 0 Å². The first-order valence-electron chi connectivity index (χ1n) is 11.6. The Balaban J connectivity index is 1.43. The summed E-state index contributed by atoms with van der Waals surface area (Å²) in [7, 11) is 0. The number of hydrogen-bond acceptors (Lipinski definition) is 2. The first-order chi connectivity index (χ1) is 14.7. The van der Waals surface area contributed by atoms with Crippen molar-refractivity contribution in [1.82, 2.24) is 0 Å². The lowest BCUT2D eigenvalue weighted by atomic mass is 9.79. The Bertz CT molecular complexity index is 807. The maximum Gasteiger partial charge on any atom is 0.0568 e. The SMILES string of the molecule is C=CCCCCCc1ccc(C=NN=Cc2ccc(C3CCC(C)CC3)cc2)cc1. The van der Waals surface area contributed by atoms with Gasteiger partial charge in [0.15, 0.2) is 0 Å². The van der Waals surface area contributed by atoms with Crippen molar-refractivity contribution in [3.8, 4) is 0 Å². The minimum atomic E-state index is 0.736. The summed E-state index contributed by atoms with van der Waals surface area (Å²) in [4.78, 5) is 0. The van der Waals surface area contributed by atoms with E-state index < -0.39 is 0 Å². The van der Waals surface area contributed by atoms with Gasteiger partial charge in [0.2, 0.25) is 0 Å². The third-order valence-corrected chi connectivity index (χ3v) is 6.26. The van der Waals surface area contributed by atoms with Crippen molar-refractivity contribution in [1.29, 1.82) is 0 Å². The molecule has 0 aromatic heterocycles. The molecule has 0 bridgehead atoms. The zero-order valence-electron chi connectivity index (χ0n) is 18.5. The van der Waals surface area contributed by atoms with Gasteiger partial charge in [-0.15, -0.1) is 6.58 Å². The Morgan fingerprint density at radius 2 is 1.40 bits per heavy atom. The summed E-state index contributed by atoms with van der Waals surface area (Å²) in [6, 6.07) is 17.5. The zero-order chi connectivity index (χ0) is 21.0. The van der Waals surface area contributed by atoms with Crippen molar-refractivity contribution in [2.75, 3.05) is 0 Å². The summed E-state index contributed by atoms with van der Waals surface area (Å²) in [5.74, 6) is 1.63. The van der Waals surface area contributed by atoms with E-state index in [-0.39, 0.29) is 0 Å². The van der Waals surface area contributed by atoms with Gasteiger partial charge in [-0.2, -0.15) is 10.2 Å². The molecule has 0 heterocycles. The molecule has 0 amide bonds. The van der Waals surface area contributed by atoms with Crippen molar-refractivity contribution >= 4 is 12.4 Å². The lowest BCUT2D eigenvalue weighted by Crippen LogP contribution is -2.10. The maximum absolute atomic E-state index is 4.23. The molecular weight excluding hydrogens is 364 g/mol. The molecule has 0 spiro atoms. The summed E-state index contributed by atoms with van der Waals surface area (Å²) in [6.07, 6.45) is 17.1. The number of hydrogen-bond donors (Lipinski definition) is 0. The minimum absolute atomic E-state index is 0.736. The van der Waals surface area contributed by atoms with Crippen LogP contribution >= 0.6 is 0 Å². The Hall–Kier alpha value is -2.48. The first-order valence-corrected chi connectivity index (χ1v) is 11.6. The van der Waals surface area contributed by atoms with Crippen molar-refractivity contribution in [2.24, 2.45) is 16.1 Å². The molecule has 30 heavy (non-hydrogen) atoms. The fourth-order valence-corrected chi connectivity index (χ4v) is 4.21. The van der Waals surface area contributed by atoms with Gasteiger partial charge in [0, 0.05) is 0 Å². The van der Waals surface area contributed by atoms with E-state index in [1.54, 1.807) is 0 Å². The van der Waals surface area contributed by atoms with Crippen LogP contribution in [-0.2, 0) is 6.42 Å². The smallest absolute Gasteiger partial charge is 0.0568 e. The lowest BCUT2D eigenvalue weighted by molar-refractivity contribution is 0.348. The van der Waals surface area contributed by atoms with E-state index in [9.17, 15) is 0 Å². The van der Waals surface area contributed by atoms with Crippen LogP contribution in [-0.4, -0.2) is 12.4 Å². The van der Waals surface area contributed by atoms with E-state index >= 15 is 0 Å². The second-order valence-corrected chi connectivity index (χ2v) is 8.74. The van der Waals surface area contributed by atoms with E-state index in [2.05, 4.69) is 72.2 Å². The van der Waals surface area contributed by atoms with Gasteiger partial charge < -0.3 is 0 Å². The number of benzene rings is 2. The second kappa shape index (κ2) is 12.3. The van der Waals surface area contributed by atoms with Gasteiger partial charge in [0.25, 0.3) is 0 Å². The molecule has 1 fully saturated rings. The van der Waals surface area contributed by atoms with Crippen molar-refractivity contribution in [3.63, 3.8) is 0 Å². The number of aryl methyl sites for hydroxylation is 1. The highest BCUT2D eigenvalue weighted by Gasteiger charge is 2.19. The Kier molecular flexibility index (Phi) is 9.08. The summed E-state index contributed by atoms with van der Waals surface area (Å²) in [5, 5.41) is 8.44. The Labute approximate surface area is 182 Å². The topological polar surface area (TPSA) is 24.7 Å². The standard InChI is InChI=1S/C28H36N2/c1-3-4-5-6-7-8-24-11-13-25(14-12-24)21-29-30-22-26-15-19-28(20-16-26)27-17-9-23(2)10-18-27/h3,11-16,19-23,27H,1,4-10,17-18H2,2H3. The molecule has 0 N–H and O–H groups in total. The van der Waals surface area contributed by atoms with Crippen LogP contribution in [0.4, 0.5) is 0 Å². The van der Waals surface area contributed by atoms with E-state index in [1.165, 1.54) is 56.1 Å². The van der Waals surface area contributed by atoms with Crippen LogP contribution in [0.5, 0.6) is 0 Å². The molecule has 1 aliphatic rings. The fourth-order valence-electron chi connectivity index (χ4n) is 4.21. The van der Waals surface area contributed by atoms with E-state index in [0.717, 1.165) is 35.8 Å². The summed E-state index contributed by atoms with van der Waals surface area (Å²) in [5.41, 5.74) is 5.06. The Morgan fingerprint density at radius 1 is 0.800 bits per heavy atom.